The molecule has 1 saturated heterocycles. The van der Waals surface area contributed by atoms with Gasteiger partial charge >= 0.3 is 5.97 Å². The van der Waals surface area contributed by atoms with Crippen molar-refractivity contribution in [3.8, 4) is 0 Å². The van der Waals surface area contributed by atoms with Gasteiger partial charge in [0, 0.05) is 6.42 Å². The van der Waals surface area contributed by atoms with E-state index in [0.717, 1.165) is 96.3 Å². The largest absolute Gasteiger partial charge is 0.454 e. The number of carbonyl (C=O) groups excluding carboxylic acids is 2. The summed E-state index contributed by atoms with van der Waals surface area (Å²) in [5.41, 5.74) is 0. The number of allylic oxidation sites excluding steroid dienone is 7. The number of amides is 1. The Morgan fingerprint density at radius 2 is 0.986 bits per heavy atom. The first-order chi connectivity index (χ1) is 34.2. The molecule has 0 aromatic heterocycles. The molecule has 0 spiro atoms. The Bertz CT molecular complexity index is 1320. The van der Waals surface area contributed by atoms with Crippen molar-refractivity contribution in [1.82, 2.24) is 5.32 Å². The molecule has 8 atom stereocenters. The van der Waals surface area contributed by atoms with Crippen molar-refractivity contribution in [1.29, 1.82) is 0 Å². The molecule has 1 aliphatic heterocycles. The Morgan fingerprint density at radius 1 is 0.557 bits per heavy atom. The van der Waals surface area contributed by atoms with Gasteiger partial charge < -0.3 is 45.1 Å². The molecule has 0 aromatic carbocycles. The average Bonchev–Trinajstić information content (AvgIpc) is 3.36. The minimum absolute atomic E-state index is 0.110. The molecular weight excluding hydrogens is 883 g/mol. The van der Waals surface area contributed by atoms with E-state index in [0.29, 0.717) is 12.8 Å². The van der Waals surface area contributed by atoms with Crippen molar-refractivity contribution in [3.63, 3.8) is 0 Å². The van der Waals surface area contributed by atoms with Crippen LogP contribution in [0.15, 0.2) is 48.6 Å². The third-order valence-electron chi connectivity index (χ3n) is 13.5. The Balaban J connectivity index is 2.74. The molecule has 1 fully saturated rings. The molecule has 11 nitrogen and oxygen atoms in total. The van der Waals surface area contributed by atoms with Crippen LogP contribution in [-0.2, 0) is 23.8 Å². The summed E-state index contributed by atoms with van der Waals surface area (Å²) in [5.74, 6) is -1.21. The number of hydrogen-bond donors (Lipinski definition) is 6. The number of unbranched alkanes of at least 4 members (excludes halogenated alkanes) is 29. The zero-order chi connectivity index (χ0) is 51.1. The molecule has 1 aliphatic rings. The summed E-state index contributed by atoms with van der Waals surface area (Å²) in [6, 6.07) is -1.03. The highest BCUT2D eigenvalue weighted by Gasteiger charge is 2.47. The van der Waals surface area contributed by atoms with Gasteiger partial charge in [0.15, 0.2) is 12.4 Å². The SMILES string of the molecule is CCCCC/C=C/C=C/CCCCCCCCC(=O)OC1C(OCC(NC(=O)C(O)CCCCCCCC/C=C\CCCCCC)C(O)/C=C/CCCCCCCCCCCC)OC(CO)C(O)C1O. The first-order valence-corrected chi connectivity index (χ1v) is 28.9. The lowest BCUT2D eigenvalue weighted by Gasteiger charge is -2.41. The summed E-state index contributed by atoms with van der Waals surface area (Å²) in [6.07, 6.45) is 45.7. The second-order valence-corrected chi connectivity index (χ2v) is 20.0. The first-order valence-electron chi connectivity index (χ1n) is 28.9. The number of rotatable bonds is 48. The number of carbonyl (C=O) groups is 2. The van der Waals surface area contributed by atoms with Crippen LogP contribution in [0.25, 0.3) is 0 Å². The average molecular weight is 991 g/mol. The third kappa shape index (κ3) is 35.7. The normalized spacial score (nSPS) is 20.0. The van der Waals surface area contributed by atoms with Crippen LogP contribution in [0.3, 0.4) is 0 Å². The fraction of sp³-hybridized carbons (Fsp3) is 0.831. The molecule has 0 aliphatic carbocycles. The summed E-state index contributed by atoms with van der Waals surface area (Å²) < 4.78 is 17.6. The van der Waals surface area contributed by atoms with Gasteiger partial charge in [-0.15, -0.1) is 0 Å². The molecule has 408 valence electrons. The number of hydrogen-bond acceptors (Lipinski definition) is 10. The smallest absolute Gasteiger partial charge is 0.306 e. The highest BCUT2D eigenvalue weighted by Crippen LogP contribution is 2.26. The lowest BCUT2D eigenvalue weighted by Crippen LogP contribution is -2.61. The van der Waals surface area contributed by atoms with Crippen LogP contribution in [0.1, 0.15) is 252 Å². The lowest BCUT2D eigenvalue weighted by molar-refractivity contribution is -0.305. The quantitative estimate of drug-likeness (QED) is 0.0149. The monoisotopic (exact) mass is 990 g/mol. The van der Waals surface area contributed by atoms with E-state index in [-0.39, 0.29) is 19.4 Å². The van der Waals surface area contributed by atoms with E-state index in [4.69, 9.17) is 14.2 Å². The lowest BCUT2D eigenvalue weighted by atomic mass is 9.99. The van der Waals surface area contributed by atoms with Gasteiger partial charge in [0.1, 0.15) is 24.4 Å². The molecule has 0 bridgehead atoms. The van der Waals surface area contributed by atoms with Gasteiger partial charge in [-0.1, -0.05) is 217 Å². The van der Waals surface area contributed by atoms with Crippen molar-refractivity contribution < 1.29 is 49.3 Å². The highest BCUT2D eigenvalue weighted by atomic mass is 16.7. The molecule has 11 heteroatoms. The molecule has 1 heterocycles. The minimum atomic E-state index is -1.62. The van der Waals surface area contributed by atoms with Crippen LogP contribution in [0, 0.1) is 0 Å². The van der Waals surface area contributed by atoms with Crippen LogP contribution in [0.5, 0.6) is 0 Å². The Labute approximate surface area is 427 Å². The molecule has 0 radical (unpaired) electrons. The molecular formula is C59H107NO10. The van der Waals surface area contributed by atoms with E-state index in [1.165, 1.54) is 109 Å². The summed E-state index contributed by atoms with van der Waals surface area (Å²) in [6.45, 7) is 5.72. The number of ether oxygens (including phenoxy) is 3. The number of nitrogens with one attached hydrogen (secondary N) is 1. The topological polar surface area (TPSA) is 175 Å². The second kappa shape index (κ2) is 47.6. The fourth-order valence-corrected chi connectivity index (χ4v) is 8.81. The molecule has 0 saturated carbocycles. The molecule has 1 amide bonds. The predicted octanol–water partition coefficient (Wildman–Crippen LogP) is 12.9. The Hall–Kier alpha value is -2.38. The number of aliphatic hydroxyl groups is 5. The molecule has 0 aromatic rings. The number of esters is 1. The predicted molar refractivity (Wildman–Crippen MR) is 287 cm³/mol. The van der Waals surface area contributed by atoms with Crippen LogP contribution in [0.4, 0.5) is 0 Å². The van der Waals surface area contributed by atoms with E-state index in [9.17, 15) is 35.1 Å². The minimum Gasteiger partial charge on any atom is -0.454 e. The fourth-order valence-electron chi connectivity index (χ4n) is 8.81. The van der Waals surface area contributed by atoms with Crippen LogP contribution in [0.2, 0.25) is 0 Å². The van der Waals surface area contributed by atoms with Gasteiger partial charge in [-0.25, -0.2) is 0 Å². The standard InChI is InChI=1S/C59H107NO10/c1-4-7-10-13-16-19-22-25-27-29-32-35-38-41-44-47-54(64)70-57-56(66)55(65)53(48-61)69-59(57)68-49-50(51(62)45-42-39-36-33-30-24-21-18-15-12-9-6-3)60-58(67)52(63)46-43-40-37-34-31-28-26-23-20-17-14-11-8-5-2/h16,19-20,22-23,25,42,45,50-53,55-57,59,61-63,65-66H,4-15,17-18,21,24,26-41,43-44,46-49H2,1-3H3,(H,60,67)/b19-16+,23-20-,25-22+,45-42+. The van der Waals surface area contributed by atoms with E-state index < -0.39 is 67.4 Å². The van der Waals surface area contributed by atoms with Gasteiger partial charge in [-0.2, -0.15) is 0 Å². The van der Waals surface area contributed by atoms with E-state index >= 15 is 0 Å². The Morgan fingerprint density at radius 3 is 1.51 bits per heavy atom. The van der Waals surface area contributed by atoms with Gasteiger partial charge in [0.25, 0.3) is 0 Å². The van der Waals surface area contributed by atoms with Gasteiger partial charge in [-0.05, 0) is 77.0 Å². The zero-order valence-corrected chi connectivity index (χ0v) is 44.9. The van der Waals surface area contributed by atoms with E-state index in [1.54, 1.807) is 6.08 Å². The van der Waals surface area contributed by atoms with Crippen molar-refractivity contribution in [2.45, 2.75) is 301 Å². The summed E-state index contributed by atoms with van der Waals surface area (Å²) in [5, 5.41) is 56.8. The van der Waals surface area contributed by atoms with E-state index in [1.807, 2.05) is 6.08 Å². The molecule has 6 N–H and O–H groups in total. The highest BCUT2D eigenvalue weighted by molar-refractivity contribution is 5.80. The van der Waals surface area contributed by atoms with Crippen molar-refractivity contribution in [2.24, 2.45) is 0 Å². The molecule has 1 rings (SSSR count). The van der Waals surface area contributed by atoms with Crippen LogP contribution < -0.4 is 5.32 Å². The zero-order valence-electron chi connectivity index (χ0n) is 44.9. The maximum absolute atomic E-state index is 13.4. The van der Waals surface area contributed by atoms with Crippen molar-refractivity contribution in [2.75, 3.05) is 13.2 Å². The second-order valence-electron chi connectivity index (χ2n) is 20.0. The van der Waals surface area contributed by atoms with Gasteiger partial charge in [-0.3, -0.25) is 9.59 Å². The summed E-state index contributed by atoms with van der Waals surface area (Å²) >= 11 is 0. The Kier molecular flexibility index (Phi) is 44.6. The van der Waals surface area contributed by atoms with Crippen molar-refractivity contribution in [3.05, 3.63) is 48.6 Å². The summed E-state index contributed by atoms with van der Waals surface area (Å²) in [4.78, 5) is 26.4. The molecule has 70 heavy (non-hydrogen) atoms. The van der Waals surface area contributed by atoms with Crippen LogP contribution in [-0.4, -0.2) is 99.6 Å². The number of aliphatic hydroxyl groups excluding tert-OH is 5. The maximum atomic E-state index is 13.4. The van der Waals surface area contributed by atoms with Crippen LogP contribution >= 0.6 is 0 Å². The van der Waals surface area contributed by atoms with Gasteiger partial charge in [0.2, 0.25) is 5.91 Å². The van der Waals surface area contributed by atoms with Crippen molar-refractivity contribution >= 4 is 11.9 Å². The third-order valence-corrected chi connectivity index (χ3v) is 13.5. The van der Waals surface area contributed by atoms with E-state index in [2.05, 4.69) is 62.5 Å². The maximum Gasteiger partial charge on any atom is 0.306 e. The summed E-state index contributed by atoms with van der Waals surface area (Å²) in [7, 11) is 0. The first kappa shape index (κ1) is 65.6. The molecule has 8 unspecified atom stereocenters. The van der Waals surface area contributed by atoms with Gasteiger partial charge in [0.05, 0.1) is 25.4 Å².